The van der Waals surface area contributed by atoms with E-state index in [4.69, 9.17) is 7.85 Å². The smallest absolute Gasteiger partial charge is 0.164 e. The minimum Gasteiger partial charge on any atom is -0.204 e. The molecule has 0 aliphatic heterocycles. The predicted molar refractivity (Wildman–Crippen MR) is 36.4 cm³/mol. The molecule has 1 aromatic rings. The lowest BCUT2D eigenvalue weighted by Crippen LogP contribution is -2.19. The third kappa shape index (κ3) is 1.09. The second-order valence-electron chi connectivity index (χ2n) is 2.29. The standard InChI is InChI=1S/C7H3BF4/c1-2-4(9)6(11)3(8)7(12)5(2)10/h1H3. The maximum atomic E-state index is 12.6. The van der Waals surface area contributed by atoms with Gasteiger partial charge in [0.05, 0.1) is 0 Å². The molecule has 0 spiro atoms. The fourth-order valence-corrected chi connectivity index (χ4v) is 0.758. The Hall–Kier alpha value is -0.995. The van der Waals surface area contributed by atoms with Crippen molar-refractivity contribution < 1.29 is 17.6 Å². The van der Waals surface area contributed by atoms with Crippen LogP contribution in [0.1, 0.15) is 5.56 Å². The lowest BCUT2D eigenvalue weighted by Gasteiger charge is -2.05. The SMILES string of the molecule is [B]c1c(F)c(F)c(C)c(F)c1F. The van der Waals surface area contributed by atoms with Crippen LogP contribution >= 0.6 is 0 Å². The Balaban J connectivity index is 3.60. The van der Waals surface area contributed by atoms with Crippen molar-refractivity contribution in [2.24, 2.45) is 0 Å². The summed E-state index contributed by atoms with van der Waals surface area (Å²) in [6.45, 7) is 0.927. The highest BCUT2D eigenvalue weighted by atomic mass is 19.2. The maximum absolute atomic E-state index is 12.6. The third-order valence-electron chi connectivity index (χ3n) is 1.52. The summed E-state index contributed by atoms with van der Waals surface area (Å²) < 4.78 is 50.2. The molecule has 0 amide bonds. The monoisotopic (exact) mass is 174 g/mol. The van der Waals surface area contributed by atoms with Crippen LogP contribution in [0.5, 0.6) is 0 Å². The quantitative estimate of drug-likeness (QED) is 0.316. The van der Waals surface area contributed by atoms with Gasteiger partial charge in [0.25, 0.3) is 0 Å². The predicted octanol–water partition coefficient (Wildman–Crippen LogP) is 1.35. The zero-order chi connectivity index (χ0) is 9.46. The molecule has 0 bridgehead atoms. The lowest BCUT2D eigenvalue weighted by molar-refractivity contribution is 0.454. The van der Waals surface area contributed by atoms with Gasteiger partial charge in [0.2, 0.25) is 0 Å². The molecule has 12 heavy (non-hydrogen) atoms. The first-order chi connectivity index (χ1) is 5.46. The van der Waals surface area contributed by atoms with Crippen LogP contribution in [0, 0.1) is 30.2 Å². The van der Waals surface area contributed by atoms with E-state index in [2.05, 4.69) is 0 Å². The van der Waals surface area contributed by atoms with Crippen molar-refractivity contribution in [1.29, 1.82) is 0 Å². The molecule has 0 nitrogen and oxygen atoms in total. The van der Waals surface area contributed by atoms with Crippen molar-refractivity contribution >= 4 is 13.3 Å². The second-order valence-corrected chi connectivity index (χ2v) is 2.29. The molecule has 0 aromatic heterocycles. The van der Waals surface area contributed by atoms with Crippen molar-refractivity contribution in [3.8, 4) is 0 Å². The van der Waals surface area contributed by atoms with E-state index in [9.17, 15) is 17.6 Å². The van der Waals surface area contributed by atoms with Gasteiger partial charge < -0.3 is 0 Å². The van der Waals surface area contributed by atoms with E-state index in [0.717, 1.165) is 6.92 Å². The summed E-state index contributed by atoms with van der Waals surface area (Å²) in [5, 5.41) is 0. The molecule has 1 aromatic carbocycles. The van der Waals surface area contributed by atoms with E-state index >= 15 is 0 Å². The highest BCUT2D eigenvalue weighted by molar-refractivity contribution is 6.32. The molecule has 0 aliphatic rings. The molecular formula is C7H3BF4. The minimum atomic E-state index is -1.55. The van der Waals surface area contributed by atoms with E-state index in [0.29, 0.717) is 0 Å². The Morgan fingerprint density at radius 2 is 1.17 bits per heavy atom. The largest absolute Gasteiger partial charge is 0.204 e. The van der Waals surface area contributed by atoms with Crippen LogP contribution in [0.15, 0.2) is 0 Å². The summed E-state index contributed by atoms with van der Waals surface area (Å²) in [6, 6.07) is 0. The lowest BCUT2D eigenvalue weighted by atomic mass is 9.93. The molecule has 0 aliphatic carbocycles. The maximum Gasteiger partial charge on any atom is 0.164 e. The number of halogens is 4. The van der Waals surface area contributed by atoms with Gasteiger partial charge in [0.1, 0.15) is 7.85 Å². The Morgan fingerprint density at radius 3 is 1.50 bits per heavy atom. The Bertz CT molecular complexity index is 230. The molecule has 5 heteroatoms. The van der Waals surface area contributed by atoms with Gasteiger partial charge in [-0.05, 0) is 12.4 Å². The van der Waals surface area contributed by atoms with Crippen molar-refractivity contribution in [3.05, 3.63) is 28.8 Å². The Labute approximate surface area is 67.6 Å². The first-order valence-corrected chi connectivity index (χ1v) is 3.04. The molecule has 0 atom stereocenters. The first kappa shape index (κ1) is 9.10. The molecule has 0 heterocycles. The molecule has 0 unspecified atom stereocenters. The fourth-order valence-electron chi connectivity index (χ4n) is 0.758. The molecular weight excluding hydrogens is 171 g/mol. The molecule has 0 saturated carbocycles. The molecule has 0 N–H and O–H groups in total. The van der Waals surface area contributed by atoms with Gasteiger partial charge in [0.15, 0.2) is 23.3 Å². The molecule has 2 radical (unpaired) electrons. The van der Waals surface area contributed by atoms with Gasteiger partial charge in [-0.2, -0.15) is 0 Å². The highest BCUT2D eigenvalue weighted by Gasteiger charge is 2.18. The third-order valence-corrected chi connectivity index (χ3v) is 1.52. The summed E-state index contributed by atoms with van der Waals surface area (Å²) in [5.41, 5.74) is -1.84. The van der Waals surface area contributed by atoms with E-state index in [1.807, 2.05) is 0 Å². The Kier molecular flexibility index (Phi) is 2.13. The average Bonchev–Trinajstić information content (AvgIpc) is 2.08. The molecule has 0 saturated heterocycles. The van der Waals surface area contributed by atoms with E-state index in [1.165, 1.54) is 0 Å². The van der Waals surface area contributed by atoms with Crippen molar-refractivity contribution in [2.75, 3.05) is 0 Å². The molecule has 62 valence electrons. The summed E-state index contributed by atoms with van der Waals surface area (Å²) in [6.07, 6.45) is 0. The number of hydrogen-bond donors (Lipinski definition) is 0. The van der Waals surface area contributed by atoms with Gasteiger partial charge in [-0.3, -0.25) is 0 Å². The van der Waals surface area contributed by atoms with Gasteiger partial charge in [-0.15, -0.1) is 0 Å². The van der Waals surface area contributed by atoms with Crippen LogP contribution in [-0.4, -0.2) is 7.85 Å². The number of rotatable bonds is 0. The summed E-state index contributed by atoms with van der Waals surface area (Å²) >= 11 is 0. The average molecular weight is 174 g/mol. The van der Waals surface area contributed by atoms with Gasteiger partial charge in [0, 0.05) is 5.56 Å². The second kappa shape index (κ2) is 2.81. The topological polar surface area (TPSA) is 0 Å². The minimum absolute atomic E-state index is 0.709. The number of benzene rings is 1. The van der Waals surface area contributed by atoms with E-state index in [-0.39, 0.29) is 0 Å². The normalized spacial score (nSPS) is 10.4. The fraction of sp³-hybridized carbons (Fsp3) is 0.143. The first-order valence-electron chi connectivity index (χ1n) is 3.04. The van der Waals surface area contributed by atoms with Crippen molar-refractivity contribution in [1.82, 2.24) is 0 Å². The summed E-state index contributed by atoms with van der Waals surface area (Å²) in [4.78, 5) is 0. The Morgan fingerprint density at radius 1 is 0.833 bits per heavy atom. The number of hydrogen-bond acceptors (Lipinski definition) is 0. The van der Waals surface area contributed by atoms with Gasteiger partial charge in [-0.1, -0.05) is 0 Å². The van der Waals surface area contributed by atoms with E-state index < -0.39 is 34.3 Å². The highest BCUT2D eigenvalue weighted by Crippen LogP contribution is 2.15. The van der Waals surface area contributed by atoms with Crippen molar-refractivity contribution in [2.45, 2.75) is 6.92 Å². The van der Waals surface area contributed by atoms with Crippen LogP contribution in [0.4, 0.5) is 17.6 Å². The van der Waals surface area contributed by atoms with Crippen LogP contribution in [-0.2, 0) is 0 Å². The zero-order valence-electron chi connectivity index (χ0n) is 6.09. The van der Waals surface area contributed by atoms with Crippen LogP contribution in [0.25, 0.3) is 0 Å². The van der Waals surface area contributed by atoms with Gasteiger partial charge in [-0.25, -0.2) is 17.6 Å². The van der Waals surface area contributed by atoms with Crippen LogP contribution in [0.3, 0.4) is 0 Å². The molecule has 1 rings (SSSR count). The van der Waals surface area contributed by atoms with Crippen LogP contribution in [0.2, 0.25) is 0 Å². The van der Waals surface area contributed by atoms with Gasteiger partial charge >= 0.3 is 0 Å². The summed E-state index contributed by atoms with van der Waals surface area (Å²) in [5.74, 6) is -6.00. The van der Waals surface area contributed by atoms with Crippen molar-refractivity contribution in [3.63, 3.8) is 0 Å². The van der Waals surface area contributed by atoms with Crippen LogP contribution < -0.4 is 5.46 Å². The zero-order valence-corrected chi connectivity index (χ0v) is 6.09. The molecule has 0 fully saturated rings. The summed E-state index contributed by atoms with van der Waals surface area (Å²) in [7, 11) is 4.72. The van der Waals surface area contributed by atoms with E-state index in [1.54, 1.807) is 0 Å².